The second kappa shape index (κ2) is 6.03. The predicted molar refractivity (Wildman–Crippen MR) is 105 cm³/mol. The minimum atomic E-state index is -0.362. The molecule has 1 aliphatic heterocycles. The molecule has 3 aromatic carbocycles. The lowest BCUT2D eigenvalue weighted by Crippen LogP contribution is -2.40. The summed E-state index contributed by atoms with van der Waals surface area (Å²) >= 11 is 0. The molecule has 5 heteroatoms. The number of para-hydroxylation sites is 1. The molecule has 0 aliphatic carbocycles. The van der Waals surface area contributed by atoms with Gasteiger partial charge in [-0.2, -0.15) is 0 Å². The number of carbonyl (C=O) groups excluding carboxylic acids is 3. The Morgan fingerprint density at radius 1 is 0.714 bits per heavy atom. The molecule has 0 radical (unpaired) electrons. The number of benzene rings is 3. The van der Waals surface area contributed by atoms with Gasteiger partial charge in [-0.1, -0.05) is 30.3 Å². The maximum Gasteiger partial charge on any atom is 0.265 e. The van der Waals surface area contributed by atoms with Crippen molar-refractivity contribution in [2.45, 2.75) is 0 Å². The van der Waals surface area contributed by atoms with Gasteiger partial charge in [0.2, 0.25) is 0 Å². The first-order chi connectivity index (χ1) is 13.7. The van der Waals surface area contributed by atoms with Gasteiger partial charge >= 0.3 is 0 Å². The van der Waals surface area contributed by atoms with E-state index in [9.17, 15) is 14.4 Å². The molecule has 28 heavy (non-hydrogen) atoms. The van der Waals surface area contributed by atoms with Crippen molar-refractivity contribution in [3.8, 4) is 11.3 Å². The van der Waals surface area contributed by atoms with Crippen molar-refractivity contribution in [3.63, 3.8) is 0 Å². The number of nitrogens with zero attached hydrogens (tertiary/aromatic N) is 1. The van der Waals surface area contributed by atoms with Crippen molar-refractivity contribution in [1.29, 1.82) is 0 Å². The number of amides is 2. The summed E-state index contributed by atoms with van der Waals surface area (Å²) in [6.45, 7) is 0. The summed E-state index contributed by atoms with van der Waals surface area (Å²) < 4.78 is 5.55. The van der Waals surface area contributed by atoms with Crippen molar-refractivity contribution in [3.05, 3.63) is 89.7 Å². The Morgan fingerprint density at radius 3 is 2.14 bits per heavy atom. The number of furan rings is 1. The first kappa shape index (κ1) is 16.2. The van der Waals surface area contributed by atoms with Crippen LogP contribution in [-0.2, 0) is 0 Å². The van der Waals surface area contributed by atoms with E-state index in [-0.39, 0.29) is 17.6 Å². The Morgan fingerprint density at radius 2 is 1.43 bits per heavy atom. The number of aldehydes is 1. The van der Waals surface area contributed by atoms with Gasteiger partial charge in [0.25, 0.3) is 11.8 Å². The topological polar surface area (TPSA) is 67.6 Å². The fourth-order valence-electron chi connectivity index (χ4n) is 3.68. The monoisotopic (exact) mass is 367 g/mol. The van der Waals surface area contributed by atoms with E-state index >= 15 is 0 Å². The normalized spacial score (nSPS) is 13.2. The molecule has 0 fully saturated rings. The van der Waals surface area contributed by atoms with Crippen LogP contribution in [0.3, 0.4) is 0 Å². The van der Waals surface area contributed by atoms with Gasteiger partial charge in [0, 0.05) is 22.1 Å². The highest BCUT2D eigenvalue weighted by Gasteiger charge is 2.34. The van der Waals surface area contributed by atoms with E-state index in [1.54, 1.807) is 60.7 Å². The Bertz CT molecular complexity index is 1250. The lowest BCUT2D eigenvalue weighted by atomic mass is 9.90. The average Bonchev–Trinajstić information content (AvgIpc) is 3.21. The van der Waals surface area contributed by atoms with E-state index in [1.165, 1.54) is 4.90 Å². The highest BCUT2D eigenvalue weighted by Crippen LogP contribution is 2.38. The number of carbonyl (C=O) groups is 3. The zero-order valence-electron chi connectivity index (χ0n) is 14.6. The van der Waals surface area contributed by atoms with Crippen molar-refractivity contribution < 1.29 is 18.8 Å². The van der Waals surface area contributed by atoms with Crippen molar-refractivity contribution in [2.75, 3.05) is 4.90 Å². The van der Waals surface area contributed by atoms with Crippen molar-refractivity contribution in [2.24, 2.45) is 0 Å². The fourth-order valence-corrected chi connectivity index (χ4v) is 3.68. The Labute approximate surface area is 159 Å². The molecule has 0 saturated heterocycles. The second-order valence-corrected chi connectivity index (χ2v) is 6.49. The SMILES string of the molecule is O=Cc1ccc(-c2ccc3c4c(cccc24)C(=O)N(c2ccccc2)C3=O)o1. The van der Waals surface area contributed by atoms with Crippen LogP contribution in [0.2, 0.25) is 0 Å². The Kier molecular flexibility index (Phi) is 3.49. The van der Waals surface area contributed by atoms with Gasteiger partial charge in [-0.3, -0.25) is 14.4 Å². The molecule has 5 nitrogen and oxygen atoms in total. The summed E-state index contributed by atoms with van der Waals surface area (Å²) in [4.78, 5) is 38.4. The Balaban J connectivity index is 1.75. The van der Waals surface area contributed by atoms with Crippen LogP contribution < -0.4 is 4.90 Å². The third kappa shape index (κ3) is 2.23. The predicted octanol–water partition coefficient (Wildman–Crippen LogP) is 4.71. The van der Waals surface area contributed by atoms with Gasteiger partial charge in [-0.25, -0.2) is 4.90 Å². The first-order valence-electron chi connectivity index (χ1n) is 8.74. The van der Waals surface area contributed by atoms with E-state index in [4.69, 9.17) is 4.42 Å². The zero-order chi connectivity index (χ0) is 19.3. The van der Waals surface area contributed by atoms with Gasteiger partial charge in [-0.15, -0.1) is 0 Å². The van der Waals surface area contributed by atoms with Crippen LogP contribution in [0.1, 0.15) is 31.3 Å². The number of hydrogen-bond donors (Lipinski definition) is 0. The minimum Gasteiger partial charge on any atom is -0.453 e. The molecule has 0 saturated carbocycles. The van der Waals surface area contributed by atoms with Gasteiger partial charge in [0.15, 0.2) is 12.0 Å². The molecule has 0 unspecified atom stereocenters. The molecular formula is C23H13NO4. The molecule has 1 aliphatic rings. The summed E-state index contributed by atoms with van der Waals surface area (Å²) in [7, 11) is 0. The standard InChI is InChI=1S/C23H13NO4/c25-13-15-9-12-20(28-15)16-10-11-19-21-17(16)7-4-8-18(21)22(26)24(23(19)27)14-5-2-1-3-6-14/h1-13H. The van der Waals surface area contributed by atoms with E-state index in [0.717, 1.165) is 10.9 Å². The minimum absolute atomic E-state index is 0.220. The molecule has 0 atom stereocenters. The highest BCUT2D eigenvalue weighted by atomic mass is 16.3. The van der Waals surface area contributed by atoms with Crippen LogP contribution in [0.5, 0.6) is 0 Å². The summed E-state index contributed by atoms with van der Waals surface area (Å²) in [6.07, 6.45) is 0.638. The van der Waals surface area contributed by atoms with Crippen molar-refractivity contribution >= 4 is 34.6 Å². The average molecular weight is 367 g/mol. The molecule has 4 aromatic rings. The smallest absolute Gasteiger partial charge is 0.265 e. The van der Waals surface area contributed by atoms with E-state index in [2.05, 4.69) is 0 Å². The van der Waals surface area contributed by atoms with Gasteiger partial charge in [0.1, 0.15) is 5.76 Å². The van der Waals surface area contributed by atoms with Crippen LogP contribution in [0.25, 0.3) is 22.1 Å². The van der Waals surface area contributed by atoms with Crippen LogP contribution in [0.4, 0.5) is 5.69 Å². The van der Waals surface area contributed by atoms with E-state index in [0.29, 0.717) is 34.2 Å². The largest absolute Gasteiger partial charge is 0.453 e. The molecular weight excluding hydrogens is 354 g/mol. The second-order valence-electron chi connectivity index (χ2n) is 6.49. The quantitative estimate of drug-likeness (QED) is 0.388. The number of rotatable bonds is 3. The molecule has 2 amide bonds. The highest BCUT2D eigenvalue weighted by molar-refractivity contribution is 6.36. The molecule has 1 aromatic heterocycles. The summed E-state index contributed by atoms with van der Waals surface area (Å²) in [6, 6.07) is 21.0. The molecule has 2 heterocycles. The molecule has 134 valence electrons. The number of imide groups is 1. The lowest BCUT2D eigenvalue weighted by molar-refractivity contribution is 0.0893. The number of hydrogen-bond acceptors (Lipinski definition) is 4. The van der Waals surface area contributed by atoms with E-state index in [1.807, 2.05) is 12.1 Å². The van der Waals surface area contributed by atoms with Gasteiger partial charge in [0.05, 0.1) is 5.69 Å². The van der Waals surface area contributed by atoms with Crippen LogP contribution in [0, 0.1) is 0 Å². The lowest BCUT2D eigenvalue weighted by Gasteiger charge is -2.27. The van der Waals surface area contributed by atoms with Crippen LogP contribution in [-0.4, -0.2) is 18.1 Å². The maximum absolute atomic E-state index is 13.1. The molecule has 0 N–H and O–H groups in total. The number of anilines is 1. The van der Waals surface area contributed by atoms with Gasteiger partial charge < -0.3 is 4.42 Å². The first-order valence-corrected chi connectivity index (χ1v) is 8.74. The summed E-state index contributed by atoms with van der Waals surface area (Å²) in [5.41, 5.74) is 2.17. The fraction of sp³-hybridized carbons (Fsp3) is 0. The zero-order valence-corrected chi connectivity index (χ0v) is 14.6. The maximum atomic E-state index is 13.1. The van der Waals surface area contributed by atoms with Crippen LogP contribution >= 0.6 is 0 Å². The molecule has 5 rings (SSSR count). The third-order valence-electron chi connectivity index (χ3n) is 4.93. The van der Waals surface area contributed by atoms with Gasteiger partial charge in [-0.05, 0) is 47.9 Å². The molecule has 0 spiro atoms. The Hall–Kier alpha value is -3.99. The summed E-state index contributed by atoms with van der Waals surface area (Å²) in [5, 5.41) is 1.34. The van der Waals surface area contributed by atoms with Crippen molar-refractivity contribution in [1.82, 2.24) is 0 Å². The van der Waals surface area contributed by atoms with E-state index < -0.39 is 0 Å². The summed E-state index contributed by atoms with van der Waals surface area (Å²) in [5.74, 6) is 0.00742. The van der Waals surface area contributed by atoms with Crippen LogP contribution in [0.15, 0.2) is 77.2 Å². The third-order valence-corrected chi connectivity index (χ3v) is 4.93. The molecule has 0 bridgehead atoms.